The van der Waals surface area contributed by atoms with Crippen LogP contribution in [0, 0.1) is 24.7 Å². The number of likely N-dealkylation sites (tertiary alicyclic amines) is 1. The molecule has 3 aliphatic rings. The fourth-order valence-corrected chi connectivity index (χ4v) is 6.79. The zero-order chi connectivity index (χ0) is 22.1. The Kier molecular flexibility index (Phi) is 6.75. The first-order valence-electron chi connectivity index (χ1n) is 11.8. The van der Waals surface area contributed by atoms with Gasteiger partial charge in [0.1, 0.15) is 0 Å². The van der Waals surface area contributed by atoms with E-state index in [0.29, 0.717) is 31.0 Å². The van der Waals surface area contributed by atoms with Gasteiger partial charge in [-0.25, -0.2) is 13.1 Å². The Labute approximate surface area is 186 Å². The molecule has 1 aromatic carbocycles. The SMILES string of the molecule is Cc1ccc(S(=O)(=O)NCC2CCC(C(=O)N3CC[C@@]4(O)CCCC[C@H]4C3)CC2)cc1. The van der Waals surface area contributed by atoms with Crippen molar-refractivity contribution in [2.75, 3.05) is 19.6 Å². The Morgan fingerprint density at radius 3 is 2.52 bits per heavy atom. The zero-order valence-electron chi connectivity index (χ0n) is 18.6. The van der Waals surface area contributed by atoms with Crippen LogP contribution in [0.4, 0.5) is 0 Å². The summed E-state index contributed by atoms with van der Waals surface area (Å²) in [7, 11) is -3.49. The summed E-state index contributed by atoms with van der Waals surface area (Å²) < 4.78 is 27.8. The van der Waals surface area contributed by atoms with Crippen LogP contribution in [0.3, 0.4) is 0 Å². The van der Waals surface area contributed by atoms with Crippen molar-refractivity contribution >= 4 is 15.9 Å². The molecule has 2 atom stereocenters. The second kappa shape index (κ2) is 9.20. The fourth-order valence-electron chi connectivity index (χ4n) is 5.67. The zero-order valence-corrected chi connectivity index (χ0v) is 19.4. The van der Waals surface area contributed by atoms with Crippen molar-refractivity contribution in [1.82, 2.24) is 9.62 Å². The minimum Gasteiger partial charge on any atom is -0.389 e. The highest BCUT2D eigenvalue weighted by atomic mass is 32.2. The number of piperidine rings is 1. The molecule has 1 aromatic rings. The summed E-state index contributed by atoms with van der Waals surface area (Å²) >= 11 is 0. The van der Waals surface area contributed by atoms with E-state index in [-0.39, 0.29) is 23.7 Å². The first-order chi connectivity index (χ1) is 14.8. The minimum absolute atomic E-state index is 0.0414. The molecule has 4 rings (SSSR count). The number of amides is 1. The highest BCUT2D eigenvalue weighted by Crippen LogP contribution is 2.40. The summed E-state index contributed by atoms with van der Waals surface area (Å²) in [5.41, 5.74) is 0.477. The van der Waals surface area contributed by atoms with E-state index in [2.05, 4.69) is 4.72 Å². The number of aryl methyl sites for hydroxylation is 1. The lowest BCUT2D eigenvalue weighted by Crippen LogP contribution is -2.55. The molecule has 7 heteroatoms. The van der Waals surface area contributed by atoms with Crippen molar-refractivity contribution in [2.24, 2.45) is 17.8 Å². The molecular formula is C24H36N2O4S. The summed E-state index contributed by atoms with van der Waals surface area (Å²) in [6.45, 7) is 3.73. The topological polar surface area (TPSA) is 86.7 Å². The maximum absolute atomic E-state index is 13.1. The van der Waals surface area contributed by atoms with Gasteiger partial charge in [-0.3, -0.25) is 4.79 Å². The smallest absolute Gasteiger partial charge is 0.240 e. The van der Waals surface area contributed by atoms with Crippen molar-refractivity contribution in [3.8, 4) is 0 Å². The monoisotopic (exact) mass is 448 g/mol. The number of benzene rings is 1. The van der Waals surface area contributed by atoms with Crippen molar-refractivity contribution < 1.29 is 18.3 Å². The summed E-state index contributed by atoms with van der Waals surface area (Å²) in [5, 5.41) is 10.9. The molecule has 1 saturated heterocycles. The second-order valence-electron chi connectivity index (χ2n) is 9.96. The van der Waals surface area contributed by atoms with Crippen LogP contribution in [0.25, 0.3) is 0 Å². The Morgan fingerprint density at radius 1 is 1.10 bits per heavy atom. The number of aliphatic hydroxyl groups is 1. The summed E-state index contributed by atoms with van der Waals surface area (Å²) in [6.07, 6.45) is 8.23. The molecule has 0 radical (unpaired) electrons. The van der Waals surface area contributed by atoms with Crippen molar-refractivity contribution in [2.45, 2.75) is 75.2 Å². The Bertz CT molecular complexity index is 877. The average molecular weight is 449 g/mol. The molecule has 0 unspecified atom stereocenters. The largest absolute Gasteiger partial charge is 0.389 e. The van der Waals surface area contributed by atoms with E-state index in [9.17, 15) is 18.3 Å². The van der Waals surface area contributed by atoms with Gasteiger partial charge in [-0.2, -0.15) is 0 Å². The van der Waals surface area contributed by atoms with Gasteiger partial charge in [0.25, 0.3) is 0 Å². The first-order valence-corrected chi connectivity index (χ1v) is 13.3. The second-order valence-corrected chi connectivity index (χ2v) is 11.7. The van der Waals surface area contributed by atoms with Crippen LogP contribution in [0.1, 0.15) is 63.4 Å². The number of nitrogens with zero attached hydrogens (tertiary/aromatic N) is 1. The number of nitrogens with one attached hydrogen (secondary N) is 1. The predicted molar refractivity (Wildman–Crippen MR) is 120 cm³/mol. The lowest BCUT2D eigenvalue weighted by Gasteiger charge is -2.48. The Hall–Kier alpha value is -1.44. The van der Waals surface area contributed by atoms with Gasteiger partial charge in [0.2, 0.25) is 15.9 Å². The highest BCUT2D eigenvalue weighted by Gasteiger charge is 2.44. The standard InChI is InChI=1S/C24H36N2O4S/c1-18-5-11-22(12-6-18)31(29,30)25-16-19-7-9-20(10-8-19)23(27)26-15-14-24(28)13-3-2-4-21(24)17-26/h5-6,11-12,19-21,25,28H,2-4,7-10,13-17H2,1H3/t19?,20?,21-,24-/m0/s1. The van der Waals surface area contributed by atoms with Crippen molar-refractivity contribution in [3.05, 3.63) is 29.8 Å². The van der Waals surface area contributed by atoms with E-state index >= 15 is 0 Å². The van der Waals surface area contributed by atoms with Gasteiger partial charge < -0.3 is 10.0 Å². The molecule has 2 aliphatic carbocycles. The van der Waals surface area contributed by atoms with Crippen LogP contribution >= 0.6 is 0 Å². The maximum Gasteiger partial charge on any atom is 0.240 e. The number of rotatable bonds is 5. The van der Waals surface area contributed by atoms with Crippen molar-refractivity contribution in [1.29, 1.82) is 0 Å². The minimum atomic E-state index is -3.49. The molecule has 3 fully saturated rings. The third kappa shape index (κ3) is 5.15. The molecule has 172 valence electrons. The molecule has 31 heavy (non-hydrogen) atoms. The normalized spacial score (nSPS) is 31.8. The van der Waals surface area contributed by atoms with Gasteiger partial charge in [-0.15, -0.1) is 0 Å². The molecule has 0 aromatic heterocycles. The highest BCUT2D eigenvalue weighted by molar-refractivity contribution is 7.89. The van der Waals surface area contributed by atoms with Gasteiger partial charge >= 0.3 is 0 Å². The first kappa shape index (κ1) is 22.7. The van der Waals surface area contributed by atoms with Crippen LogP contribution in [0.15, 0.2) is 29.2 Å². The number of carbonyl (C=O) groups is 1. The van der Waals surface area contributed by atoms with Gasteiger partial charge in [-0.1, -0.05) is 30.5 Å². The summed E-state index contributed by atoms with van der Waals surface area (Å²) in [6, 6.07) is 6.89. The Morgan fingerprint density at radius 2 is 1.81 bits per heavy atom. The molecule has 6 nitrogen and oxygen atoms in total. The van der Waals surface area contributed by atoms with Gasteiger partial charge in [0.15, 0.2) is 0 Å². The third-order valence-electron chi connectivity index (χ3n) is 7.83. The number of hydrogen-bond donors (Lipinski definition) is 2. The van der Waals surface area contributed by atoms with E-state index in [4.69, 9.17) is 0 Å². The van der Waals surface area contributed by atoms with E-state index < -0.39 is 15.6 Å². The van der Waals surface area contributed by atoms with Gasteiger partial charge in [-0.05, 0) is 69.9 Å². The number of sulfonamides is 1. The number of carbonyl (C=O) groups excluding carboxylic acids is 1. The molecule has 1 amide bonds. The van der Waals surface area contributed by atoms with Crippen molar-refractivity contribution in [3.63, 3.8) is 0 Å². The molecule has 0 bridgehead atoms. The fraction of sp³-hybridized carbons (Fsp3) is 0.708. The predicted octanol–water partition coefficient (Wildman–Crippen LogP) is 3.23. The summed E-state index contributed by atoms with van der Waals surface area (Å²) in [4.78, 5) is 15.4. The molecule has 1 heterocycles. The van der Waals surface area contributed by atoms with Crippen LogP contribution in [0.2, 0.25) is 0 Å². The van der Waals surface area contributed by atoms with Crippen LogP contribution < -0.4 is 4.72 Å². The molecule has 0 spiro atoms. The molecular weight excluding hydrogens is 412 g/mol. The van der Waals surface area contributed by atoms with E-state index in [0.717, 1.165) is 56.9 Å². The quantitative estimate of drug-likeness (QED) is 0.724. The lowest BCUT2D eigenvalue weighted by molar-refractivity contribution is -0.148. The Balaban J connectivity index is 1.25. The average Bonchev–Trinajstić information content (AvgIpc) is 2.77. The molecule has 2 N–H and O–H groups in total. The molecule has 2 saturated carbocycles. The van der Waals surface area contributed by atoms with Crippen LogP contribution in [0.5, 0.6) is 0 Å². The van der Waals surface area contributed by atoms with Crippen LogP contribution in [-0.4, -0.2) is 49.6 Å². The summed E-state index contributed by atoms with van der Waals surface area (Å²) in [5.74, 6) is 0.784. The molecule has 1 aliphatic heterocycles. The maximum atomic E-state index is 13.1. The van der Waals surface area contributed by atoms with E-state index in [1.54, 1.807) is 24.3 Å². The number of fused-ring (bicyclic) bond motifs is 1. The number of hydrogen-bond acceptors (Lipinski definition) is 4. The van der Waals surface area contributed by atoms with Crippen LogP contribution in [-0.2, 0) is 14.8 Å². The van der Waals surface area contributed by atoms with E-state index in [1.807, 2.05) is 11.8 Å². The van der Waals surface area contributed by atoms with Gasteiger partial charge in [0, 0.05) is 31.5 Å². The van der Waals surface area contributed by atoms with E-state index in [1.165, 1.54) is 0 Å². The lowest BCUT2D eigenvalue weighted by atomic mass is 9.71. The van der Waals surface area contributed by atoms with Gasteiger partial charge in [0.05, 0.1) is 10.5 Å². The third-order valence-corrected chi connectivity index (χ3v) is 9.27.